The van der Waals surface area contributed by atoms with Crippen LogP contribution in [0.5, 0.6) is 0 Å². The summed E-state index contributed by atoms with van der Waals surface area (Å²) in [4.78, 5) is 18.3. The average Bonchev–Trinajstić information content (AvgIpc) is 3.04. The average molecular weight is 568 g/mol. The Morgan fingerprint density at radius 2 is 1.96 bits per heavy atom. The number of alkyl carbamates (subject to hydrolysis) is 1. The summed E-state index contributed by atoms with van der Waals surface area (Å²) in [6.45, 7) is 8.47. The van der Waals surface area contributed by atoms with Crippen molar-refractivity contribution in [1.29, 1.82) is 0 Å². The van der Waals surface area contributed by atoms with Crippen LogP contribution in [0.1, 0.15) is 27.2 Å². The van der Waals surface area contributed by atoms with Crippen molar-refractivity contribution < 1.29 is 9.53 Å². The highest BCUT2D eigenvalue weighted by atomic mass is 127. The van der Waals surface area contributed by atoms with E-state index in [0.717, 1.165) is 29.9 Å². The van der Waals surface area contributed by atoms with Crippen LogP contribution >= 0.6 is 39.9 Å². The van der Waals surface area contributed by atoms with Gasteiger partial charge in [0.2, 0.25) is 0 Å². The summed E-state index contributed by atoms with van der Waals surface area (Å²) in [7, 11) is 1.75. The van der Waals surface area contributed by atoms with Gasteiger partial charge in [0.05, 0.1) is 5.69 Å². The zero-order valence-corrected chi connectivity index (χ0v) is 20.8. The van der Waals surface area contributed by atoms with Crippen LogP contribution in [0.15, 0.2) is 33.7 Å². The maximum absolute atomic E-state index is 11.6. The number of carbonyl (C=O) groups excluding carboxylic acids is 1. The smallest absolute Gasteiger partial charge is 0.407 e. The Labute approximate surface area is 193 Å². The molecule has 1 fully saturated rings. The number of ether oxygens (including phenoxy) is 1. The Hall–Kier alpha value is -1.23. The molecule has 1 amide bonds. The van der Waals surface area contributed by atoms with E-state index in [1.807, 2.05) is 26.8 Å². The summed E-state index contributed by atoms with van der Waals surface area (Å²) >= 11 is 3.62. The molecule has 1 unspecified atom stereocenters. The molecule has 158 valence electrons. The van der Waals surface area contributed by atoms with Crippen LogP contribution in [0.4, 0.5) is 10.5 Å². The van der Waals surface area contributed by atoms with E-state index >= 15 is 0 Å². The number of anilines is 1. The van der Waals surface area contributed by atoms with Crippen molar-refractivity contribution in [3.05, 3.63) is 28.7 Å². The minimum atomic E-state index is -0.489. The number of rotatable bonds is 5. The third-order valence-electron chi connectivity index (χ3n) is 4.03. The number of amides is 1. The number of para-hydroxylation sites is 1. The number of hydrogen-bond donors (Lipinski definition) is 3. The molecule has 0 saturated carbocycles. The normalized spacial score (nSPS) is 17.0. The molecule has 1 aliphatic heterocycles. The summed E-state index contributed by atoms with van der Waals surface area (Å²) in [5, 5.41) is 9.40. The number of benzene rings is 1. The van der Waals surface area contributed by atoms with Gasteiger partial charge in [-0.25, -0.2) is 4.79 Å². The van der Waals surface area contributed by atoms with Gasteiger partial charge in [-0.3, -0.25) is 4.99 Å². The van der Waals surface area contributed by atoms with Gasteiger partial charge in [-0.15, -0.1) is 24.0 Å². The van der Waals surface area contributed by atoms with Crippen LogP contribution in [0.2, 0.25) is 0 Å². The van der Waals surface area contributed by atoms with E-state index in [4.69, 9.17) is 4.74 Å². The molecular formula is C19H31BrIN5O2. The number of hydrogen-bond acceptors (Lipinski definition) is 4. The van der Waals surface area contributed by atoms with E-state index in [1.54, 1.807) is 7.05 Å². The van der Waals surface area contributed by atoms with Crippen LogP contribution in [0.25, 0.3) is 0 Å². The second-order valence-corrected chi connectivity index (χ2v) is 8.31. The Balaban J connectivity index is 0.00000392. The van der Waals surface area contributed by atoms with Gasteiger partial charge in [-0.1, -0.05) is 12.1 Å². The molecule has 0 aliphatic carbocycles. The molecule has 3 N–H and O–H groups in total. The standard InChI is InChI=1S/C19H30BrN5O2.HI/c1-19(2,3)27-18(26)23-11-10-22-17(21-4)24-14-9-12-25(13-14)16-8-6-5-7-15(16)20;/h5-8,14H,9-13H2,1-4H3,(H,23,26)(H2,21,22,24);1H. The minimum Gasteiger partial charge on any atom is -0.444 e. The van der Waals surface area contributed by atoms with Crippen molar-refractivity contribution >= 4 is 57.6 Å². The molecule has 1 heterocycles. The van der Waals surface area contributed by atoms with Gasteiger partial charge in [0, 0.05) is 43.7 Å². The number of aliphatic imine (C=N–C) groups is 1. The van der Waals surface area contributed by atoms with Gasteiger partial charge in [-0.05, 0) is 55.3 Å². The highest BCUT2D eigenvalue weighted by molar-refractivity contribution is 14.0. The van der Waals surface area contributed by atoms with Gasteiger partial charge in [0.25, 0.3) is 0 Å². The van der Waals surface area contributed by atoms with Gasteiger partial charge >= 0.3 is 6.09 Å². The predicted molar refractivity (Wildman–Crippen MR) is 129 cm³/mol. The Morgan fingerprint density at radius 3 is 2.61 bits per heavy atom. The molecule has 1 atom stereocenters. The molecule has 7 nitrogen and oxygen atoms in total. The van der Waals surface area contributed by atoms with Gasteiger partial charge in [0.15, 0.2) is 5.96 Å². The van der Waals surface area contributed by atoms with E-state index in [0.29, 0.717) is 19.1 Å². The van der Waals surface area contributed by atoms with Gasteiger partial charge < -0.3 is 25.6 Å². The van der Waals surface area contributed by atoms with E-state index in [2.05, 4.69) is 60.0 Å². The van der Waals surface area contributed by atoms with Crippen LogP contribution < -0.4 is 20.9 Å². The van der Waals surface area contributed by atoms with E-state index in [9.17, 15) is 4.79 Å². The van der Waals surface area contributed by atoms with Crippen molar-refractivity contribution in [1.82, 2.24) is 16.0 Å². The fraction of sp³-hybridized carbons (Fsp3) is 0.579. The van der Waals surface area contributed by atoms with E-state index in [1.165, 1.54) is 5.69 Å². The monoisotopic (exact) mass is 567 g/mol. The summed E-state index contributed by atoms with van der Waals surface area (Å²) in [5.74, 6) is 0.736. The zero-order chi connectivity index (χ0) is 19.9. The van der Waals surface area contributed by atoms with Crippen LogP contribution in [0.3, 0.4) is 0 Å². The van der Waals surface area contributed by atoms with Crippen molar-refractivity contribution in [2.24, 2.45) is 4.99 Å². The molecule has 0 aromatic heterocycles. The first-order valence-electron chi connectivity index (χ1n) is 9.22. The van der Waals surface area contributed by atoms with Crippen molar-refractivity contribution in [2.45, 2.75) is 38.8 Å². The zero-order valence-electron chi connectivity index (χ0n) is 16.9. The maximum atomic E-state index is 11.6. The Kier molecular flexibility index (Phi) is 10.4. The molecule has 1 aromatic rings. The minimum absolute atomic E-state index is 0. The lowest BCUT2D eigenvalue weighted by Crippen LogP contribution is -2.46. The molecule has 0 spiro atoms. The number of nitrogens with one attached hydrogen (secondary N) is 3. The molecule has 1 aliphatic rings. The quantitative estimate of drug-likeness (QED) is 0.220. The molecule has 1 aromatic carbocycles. The highest BCUT2D eigenvalue weighted by Gasteiger charge is 2.24. The summed E-state index contributed by atoms with van der Waals surface area (Å²) in [5.41, 5.74) is 0.725. The largest absolute Gasteiger partial charge is 0.444 e. The fourth-order valence-electron chi connectivity index (χ4n) is 2.85. The summed E-state index contributed by atoms with van der Waals surface area (Å²) in [6.07, 6.45) is 0.630. The summed E-state index contributed by atoms with van der Waals surface area (Å²) in [6, 6.07) is 8.59. The topological polar surface area (TPSA) is 78.0 Å². The first kappa shape index (κ1) is 24.8. The lowest BCUT2D eigenvalue weighted by Gasteiger charge is -2.22. The molecule has 0 bridgehead atoms. The number of carbonyl (C=O) groups is 1. The molecule has 2 rings (SSSR count). The lowest BCUT2D eigenvalue weighted by atomic mass is 10.2. The van der Waals surface area contributed by atoms with Crippen LogP contribution in [-0.4, -0.2) is 56.9 Å². The molecular weight excluding hydrogens is 537 g/mol. The number of guanidine groups is 1. The number of halogens is 2. The van der Waals surface area contributed by atoms with Gasteiger partial charge in [-0.2, -0.15) is 0 Å². The lowest BCUT2D eigenvalue weighted by molar-refractivity contribution is 0.0529. The third-order valence-corrected chi connectivity index (χ3v) is 4.70. The SMILES string of the molecule is CN=C(NCCNC(=O)OC(C)(C)C)NC1CCN(c2ccccc2Br)C1.I. The Bertz CT molecular complexity index is 666. The van der Waals surface area contributed by atoms with Crippen molar-refractivity contribution in [3.63, 3.8) is 0 Å². The van der Waals surface area contributed by atoms with Crippen molar-refractivity contribution in [3.8, 4) is 0 Å². The molecule has 28 heavy (non-hydrogen) atoms. The van der Waals surface area contributed by atoms with Crippen molar-refractivity contribution in [2.75, 3.05) is 38.1 Å². The second-order valence-electron chi connectivity index (χ2n) is 7.46. The Morgan fingerprint density at radius 1 is 1.29 bits per heavy atom. The fourth-order valence-corrected chi connectivity index (χ4v) is 3.39. The number of nitrogens with zero attached hydrogens (tertiary/aromatic N) is 2. The molecule has 9 heteroatoms. The predicted octanol–water partition coefficient (Wildman–Crippen LogP) is 3.34. The first-order chi connectivity index (χ1) is 12.8. The van der Waals surface area contributed by atoms with Crippen LogP contribution in [0, 0.1) is 0 Å². The molecule has 0 radical (unpaired) electrons. The summed E-state index contributed by atoms with van der Waals surface area (Å²) < 4.78 is 6.32. The van der Waals surface area contributed by atoms with Crippen LogP contribution in [-0.2, 0) is 4.74 Å². The molecule has 1 saturated heterocycles. The maximum Gasteiger partial charge on any atom is 0.407 e. The third kappa shape index (κ3) is 8.42. The van der Waals surface area contributed by atoms with E-state index < -0.39 is 11.7 Å². The first-order valence-corrected chi connectivity index (χ1v) is 10.0. The second kappa shape index (κ2) is 11.7. The van der Waals surface area contributed by atoms with Gasteiger partial charge in [0.1, 0.15) is 5.60 Å². The highest BCUT2D eigenvalue weighted by Crippen LogP contribution is 2.28. The van der Waals surface area contributed by atoms with E-state index in [-0.39, 0.29) is 24.0 Å².